The summed E-state index contributed by atoms with van der Waals surface area (Å²) in [6.07, 6.45) is 1.16. The highest BCUT2D eigenvalue weighted by Gasteiger charge is 2.26. The van der Waals surface area contributed by atoms with E-state index in [1.165, 1.54) is 22.8 Å². The molecule has 4 rings (SSSR count). The molecule has 0 saturated carbocycles. The largest absolute Gasteiger partial charge is 0.324 e. The number of hydrogen-bond donors (Lipinski definition) is 1. The molecule has 0 aliphatic rings. The molecule has 2 aromatic heterocycles. The molecule has 0 saturated heterocycles. The molecule has 1 N–H and O–H groups in total. The number of pyridine rings is 2. The van der Waals surface area contributed by atoms with E-state index in [2.05, 4.69) is 10.3 Å². The van der Waals surface area contributed by atoms with Crippen LogP contribution in [0.15, 0.2) is 69.3 Å². The van der Waals surface area contributed by atoms with Gasteiger partial charge in [-0.2, -0.15) is 0 Å². The van der Waals surface area contributed by atoms with Crippen molar-refractivity contribution in [3.8, 4) is 0 Å². The van der Waals surface area contributed by atoms with Gasteiger partial charge in [0, 0.05) is 17.6 Å². The first-order valence-electron chi connectivity index (χ1n) is 10.9. The van der Waals surface area contributed by atoms with Gasteiger partial charge >= 0.3 is 0 Å². The zero-order valence-corrected chi connectivity index (χ0v) is 20.5. The third-order valence-electron chi connectivity index (χ3n) is 5.72. The highest BCUT2D eigenvalue weighted by molar-refractivity contribution is 7.91. The molecular formula is C26H24FN3O4S. The maximum atomic E-state index is 13.9. The molecule has 9 heteroatoms. The van der Waals surface area contributed by atoms with Gasteiger partial charge in [-0.3, -0.25) is 9.59 Å². The number of carbonyl (C=O) groups is 1. The van der Waals surface area contributed by atoms with Crippen molar-refractivity contribution in [3.05, 3.63) is 93.2 Å². The number of halogens is 1. The van der Waals surface area contributed by atoms with Gasteiger partial charge in [0.1, 0.15) is 22.9 Å². The molecule has 0 spiro atoms. The highest BCUT2D eigenvalue weighted by atomic mass is 32.2. The second kappa shape index (κ2) is 9.07. The third-order valence-corrected chi connectivity index (χ3v) is 7.61. The van der Waals surface area contributed by atoms with Crippen LogP contribution in [0.4, 0.5) is 10.1 Å². The minimum absolute atomic E-state index is 0.0279. The summed E-state index contributed by atoms with van der Waals surface area (Å²) in [6, 6.07) is 12.4. The smallest absolute Gasteiger partial charge is 0.244 e. The minimum Gasteiger partial charge on any atom is -0.324 e. The van der Waals surface area contributed by atoms with Crippen LogP contribution in [0.3, 0.4) is 0 Å². The molecular weight excluding hydrogens is 469 g/mol. The number of amides is 1. The predicted octanol–water partition coefficient (Wildman–Crippen LogP) is 4.24. The summed E-state index contributed by atoms with van der Waals surface area (Å²) < 4.78 is 42.3. The predicted molar refractivity (Wildman–Crippen MR) is 132 cm³/mol. The van der Waals surface area contributed by atoms with Gasteiger partial charge in [-0.25, -0.2) is 17.8 Å². The van der Waals surface area contributed by atoms with Crippen LogP contribution in [0, 0.1) is 33.5 Å². The fourth-order valence-electron chi connectivity index (χ4n) is 3.79. The van der Waals surface area contributed by atoms with Gasteiger partial charge in [0.15, 0.2) is 0 Å². The van der Waals surface area contributed by atoms with Crippen molar-refractivity contribution < 1.29 is 17.6 Å². The first-order chi connectivity index (χ1) is 16.5. The zero-order chi connectivity index (χ0) is 25.5. The Morgan fingerprint density at radius 1 is 0.971 bits per heavy atom. The number of nitrogens with one attached hydrogen (secondary N) is 1. The SMILES string of the molecule is Cc1ccc(C)c(S(=O)(=O)c2cn(CC(=O)Nc3ccc(C)c(F)c3)c3nc(C)ccc3c2=O)c1. The number of aromatic nitrogens is 2. The van der Waals surface area contributed by atoms with Crippen molar-refractivity contribution in [1.82, 2.24) is 9.55 Å². The lowest BCUT2D eigenvalue weighted by Crippen LogP contribution is -2.24. The van der Waals surface area contributed by atoms with Crippen LogP contribution in [-0.2, 0) is 21.2 Å². The Hall–Kier alpha value is -3.85. The molecule has 0 unspecified atom stereocenters. The average molecular weight is 494 g/mol. The molecule has 0 radical (unpaired) electrons. The number of anilines is 1. The van der Waals surface area contributed by atoms with Gasteiger partial charge < -0.3 is 9.88 Å². The summed E-state index contributed by atoms with van der Waals surface area (Å²) >= 11 is 0. The summed E-state index contributed by atoms with van der Waals surface area (Å²) in [5, 5.41) is 2.68. The Kier molecular flexibility index (Phi) is 6.29. The summed E-state index contributed by atoms with van der Waals surface area (Å²) in [7, 11) is -4.19. The van der Waals surface area contributed by atoms with E-state index < -0.39 is 31.9 Å². The number of benzene rings is 2. The first-order valence-corrected chi connectivity index (χ1v) is 12.3. The molecule has 0 fully saturated rings. The van der Waals surface area contributed by atoms with Crippen molar-refractivity contribution >= 4 is 32.5 Å². The van der Waals surface area contributed by atoms with Crippen molar-refractivity contribution in [1.29, 1.82) is 0 Å². The van der Waals surface area contributed by atoms with Crippen LogP contribution in [0.25, 0.3) is 11.0 Å². The van der Waals surface area contributed by atoms with Crippen molar-refractivity contribution in [3.63, 3.8) is 0 Å². The van der Waals surface area contributed by atoms with Crippen LogP contribution in [0.5, 0.6) is 0 Å². The first kappa shape index (κ1) is 24.3. The van der Waals surface area contributed by atoms with E-state index in [9.17, 15) is 22.4 Å². The van der Waals surface area contributed by atoms with E-state index in [4.69, 9.17) is 0 Å². The van der Waals surface area contributed by atoms with Crippen LogP contribution < -0.4 is 10.7 Å². The summed E-state index contributed by atoms with van der Waals surface area (Å²) in [5.41, 5.74) is 2.02. The Morgan fingerprint density at radius 2 is 1.69 bits per heavy atom. The lowest BCUT2D eigenvalue weighted by Gasteiger charge is -2.15. The number of rotatable bonds is 5. The number of nitrogens with zero attached hydrogens (tertiary/aromatic N) is 2. The summed E-state index contributed by atoms with van der Waals surface area (Å²) in [5.74, 6) is -0.993. The van der Waals surface area contributed by atoms with E-state index in [1.54, 1.807) is 58.0 Å². The molecule has 0 atom stereocenters. The molecule has 7 nitrogen and oxygen atoms in total. The van der Waals surface area contributed by atoms with Gasteiger partial charge in [0.2, 0.25) is 21.2 Å². The molecule has 2 aromatic carbocycles. The lowest BCUT2D eigenvalue weighted by atomic mass is 10.2. The van der Waals surface area contributed by atoms with Gasteiger partial charge in [-0.15, -0.1) is 0 Å². The fraction of sp³-hybridized carbons (Fsp3) is 0.192. The van der Waals surface area contributed by atoms with Crippen LogP contribution in [-0.4, -0.2) is 23.9 Å². The maximum Gasteiger partial charge on any atom is 0.244 e. The van der Waals surface area contributed by atoms with Crippen molar-refractivity contribution in [2.75, 3.05) is 5.32 Å². The minimum atomic E-state index is -4.19. The quantitative estimate of drug-likeness (QED) is 0.448. The van der Waals surface area contributed by atoms with Crippen LogP contribution in [0.1, 0.15) is 22.4 Å². The average Bonchev–Trinajstić information content (AvgIpc) is 2.79. The maximum absolute atomic E-state index is 13.9. The molecule has 35 heavy (non-hydrogen) atoms. The number of sulfone groups is 1. The third kappa shape index (κ3) is 4.72. The second-order valence-corrected chi connectivity index (χ2v) is 10.4. The molecule has 180 valence electrons. The van der Waals surface area contributed by atoms with E-state index >= 15 is 0 Å². The summed E-state index contributed by atoms with van der Waals surface area (Å²) in [4.78, 5) is 30.1. The van der Waals surface area contributed by atoms with Crippen molar-refractivity contribution in [2.24, 2.45) is 0 Å². The number of aryl methyl sites for hydroxylation is 4. The standard InChI is InChI=1S/C26H24FN3O4S/c1-15-5-6-17(3)22(11-15)35(33,34)23-13-30(26-20(25(23)32)10-8-18(4)28-26)14-24(31)29-19-9-7-16(2)21(27)12-19/h5-13H,14H2,1-4H3,(H,29,31). The summed E-state index contributed by atoms with van der Waals surface area (Å²) in [6.45, 7) is 6.43. The van der Waals surface area contributed by atoms with Gasteiger partial charge in [-0.1, -0.05) is 18.2 Å². The van der Waals surface area contributed by atoms with Gasteiger partial charge in [-0.05, 0) is 74.7 Å². The Balaban J connectivity index is 1.84. The van der Waals surface area contributed by atoms with E-state index in [1.807, 2.05) is 0 Å². The lowest BCUT2D eigenvalue weighted by molar-refractivity contribution is -0.116. The van der Waals surface area contributed by atoms with E-state index in [0.717, 1.165) is 11.8 Å². The molecule has 4 aromatic rings. The Labute approximate surface area is 202 Å². The number of fused-ring (bicyclic) bond motifs is 1. The van der Waals surface area contributed by atoms with Gasteiger partial charge in [0.05, 0.1) is 10.3 Å². The Morgan fingerprint density at radius 3 is 2.40 bits per heavy atom. The molecule has 0 aliphatic heterocycles. The topological polar surface area (TPSA) is 98.1 Å². The number of carbonyl (C=O) groups excluding carboxylic acids is 1. The van der Waals surface area contributed by atoms with E-state index in [-0.39, 0.29) is 28.2 Å². The normalized spacial score (nSPS) is 11.6. The zero-order valence-electron chi connectivity index (χ0n) is 19.7. The molecule has 0 bridgehead atoms. The molecule has 1 amide bonds. The van der Waals surface area contributed by atoms with Gasteiger partial charge in [0.25, 0.3) is 0 Å². The highest BCUT2D eigenvalue weighted by Crippen LogP contribution is 2.25. The molecule has 2 heterocycles. The monoisotopic (exact) mass is 493 g/mol. The fourth-order valence-corrected chi connectivity index (χ4v) is 5.48. The van der Waals surface area contributed by atoms with E-state index in [0.29, 0.717) is 16.8 Å². The van der Waals surface area contributed by atoms with Crippen molar-refractivity contribution in [2.45, 2.75) is 44.0 Å². The van der Waals surface area contributed by atoms with Crippen LogP contribution in [0.2, 0.25) is 0 Å². The van der Waals surface area contributed by atoms with Crippen LogP contribution >= 0.6 is 0 Å². The Bertz CT molecular complexity index is 1660. The molecule has 0 aliphatic carbocycles. The second-order valence-electron chi connectivity index (χ2n) is 8.56. The number of hydrogen-bond acceptors (Lipinski definition) is 5.